The summed E-state index contributed by atoms with van der Waals surface area (Å²) in [4.78, 5) is 30.5. The van der Waals surface area contributed by atoms with E-state index in [1.54, 1.807) is 24.3 Å². The number of benzene rings is 3. The molecule has 1 aliphatic heterocycles. The smallest absolute Gasteiger partial charge is 0.300 e. The first kappa shape index (κ1) is 25.8. The number of amides is 1. The highest BCUT2D eigenvalue weighted by molar-refractivity contribution is 6.51. The van der Waals surface area contributed by atoms with Gasteiger partial charge >= 0.3 is 0 Å². The van der Waals surface area contributed by atoms with E-state index in [1.165, 1.54) is 12.0 Å². The third kappa shape index (κ3) is 4.77. The molecule has 1 saturated heterocycles. The molecule has 1 atom stereocenters. The number of nitrogens with zero attached hydrogens (tertiary/aromatic N) is 2. The molecule has 0 bridgehead atoms. The van der Waals surface area contributed by atoms with Gasteiger partial charge in [-0.05, 0) is 79.9 Å². The number of Topliss-reactive ketones (excluding diaryl/α,β-unsaturated/α-hetero) is 1. The summed E-state index contributed by atoms with van der Waals surface area (Å²) in [5.74, 6) is -0.693. The van der Waals surface area contributed by atoms with Gasteiger partial charge in [0.05, 0.1) is 30.9 Å². The van der Waals surface area contributed by atoms with Crippen LogP contribution in [-0.2, 0) is 9.59 Å². The van der Waals surface area contributed by atoms with E-state index in [0.29, 0.717) is 34.9 Å². The van der Waals surface area contributed by atoms with Crippen LogP contribution >= 0.6 is 0 Å². The number of hydrogen-bond acceptors (Lipinski definition) is 6. The van der Waals surface area contributed by atoms with Gasteiger partial charge in [-0.3, -0.25) is 14.5 Å². The maximum atomic E-state index is 13.6. The molecule has 1 fully saturated rings. The van der Waals surface area contributed by atoms with Crippen molar-refractivity contribution in [2.24, 2.45) is 0 Å². The first-order valence-corrected chi connectivity index (χ1v) is 12.1. The summed E-state index contributed by atoms with van der Waals surface area (Å²) in [6.45, 7) is 6.13. The van der Waals surface area contributed by atoms with Crippen molar-refractivity contribution in [2.75, 3.05) is 37.6 Å². The zero-order valence-corrected chi connectivity index (χ0v) is 22.0. The van der Waals surface area contributed by atoms with Crippen LogP contribution in [0.3, 0.4) is 0 Å². The lowest BCUT2D eigenvalue weighted by atomic mass is 9.93. The Morgan fingerprint density at radius 3 is 2.35 bits per heavy atom. The van der Waals surface area contributed by atoms with Gasteiger partial charge in [-0.15, -0.1) is 0 Å². The monoisotopic (exact) mass is 500 g/mol. The molecule has 192 valence electrons. The highest BCUT2D eigenvalue weighted by Gasteiger charge is 2.47. The Morgan fingerprint density at radius 1 is 1.03 bits per heavy atom. The van der Waals surface area contributed by atoms with E-state index in [4.69, 9.17) is 9.47 Å². The number of aryl methyl sites for hydroxylation is 2. The molecule has 1 unspecified atom stereocenters. The van der Waals surface area contributed by atoms with Gasteiger partial charge in [-0.25, -0.2) is 0 Å². The molecular weight excluding hydrogens is 468 g/mol. The Morgan fingerprint density at radius 2 is 1.73 bits per heavy atom. The number of rotatable bonds is 7. The average molecular weight is 501 g/mol. The molecule has 0 spiro atoms. The third-order valence-corrected chi connectivity index (χ3v) is 6.45. The summed E-state index contributed by atoms with van der Waals surface area (Å²) in [7, 11) is 5.37. The molecule has 1 amide bonds. The van der Waals surface area contributed by atoms with E-state index in [9.17, 15) is 14.7 Å². The highest BCUT2D eigenvalue weighted by atomic mass is 16.5. The van der Waals surface area contributed by atoms with Crippen molar-refractivity contribution in [3.63, 3.8) is 0 Å². The molecule has 0 aromatic heterocycles. The number of methoxy groups -OCH3 is 1. The molecule has 7 heteroatoms. The number of hydrogen-bond donors (Lipinski definition) is 1. The lowest BCUT2D eigenvalue weighted by Crippen LogP contribution is -2.29. The van der Waals surface area contributed by atoms with E-state index in [0.717, 1.165) is 16.8 Å². The molecule has 1 aliphatic rings. The van der Waals surface area contributed by atoms with Crippen molar-refractivity contribution < 1.29 is 24.2 Å². The first-order valence-electron chi connectivity index (χ1n) is 12.1. The van der Waals surface area contributed by atoms with Crippen LogP contribution in [-0.4, -0.2) is 44.6 Å². The second-order valence-corrected chi connectivity index (χ2v) is 9.25. The second kappa shape index (κ2) is 10.4. The van der Waals surface area contributed by atoms with Gasteiger partial charge < -0.3 is 19.5 Å². The Bertz CT molecular complexity index is 1380. The zero-order valence-electron chi connectivity index (χ0n) is 22.0. The number of carbonyl (C=O) groups excluding carboxylic acids is 2. The summed E-state index contributed by atoms with van der Waals surface area (Å²) >= 11 is 0. The van der Waals surface area contributed by atoms with Gasteiger partial charge in [0.2, 0.25) is 0 Å². The molecule has 4 rings (SSSR count). The third-order valence-electron chi connectivity index (χ3n) is 6.45. The molecule has 3 aromatic rings. The minimum atomic E-state index is -0.865. The van der Waals surface area contributed by atoms with Crippen LogP contribution in [0.5, 0.6) is 11.5 Å². The minimum absolute atomic E-state index is 0.00126. The Hall–Kier alpha value is -4.26. The fourth-order valence-corrected chi connectivity index (χ4v) is 4.81. The summed E-state index contributed by atoms with van der Waals surface area (Å²) in [6, 6.07) is 17.5. The molecule has 7 nitrogen and oxygen atoms in total. The van der Waals surface area contributed by atoms with Crippen LogP contribution in [0.15, 0.2) is 66.2 Å². The summed E-state index contributed by atoms with van der Waals surface area (Å²) < 4.78 is 11.3. The van der Waals surface area contributed by atoms with E-state index in [1.807, 2.05) is 76.2 Å². The van der Waals surface area contributed by atoms with E-state index < -0.39 is 17.7 Å². The van der Waals surface area contributed by atoms with Gasteiger partial charge in [-0.1, -0.05) is 18.2 Å². The van der Waals surface area contributed by atoms with E-state index >= 15 is 0 Å². The number of aliphatic hydroxyl groups is 1. The van der Waals surface area contributed by atoms with Crippen molar-refractivity contribution in [1.29, 1.82) is 0 Å². The van der Waals surface area contributed by atoms with Crippen LogP contribution in [0.2, 0.25) is 0 Å². The number of ketones is 1. The predicted octanol–water partition coefficient (Wildman–Crippen LogP) is 5.40. The van der Waals surface area contributed by atoms with Crippen molar-refractivity contribution >= 4 is 28.8 Å². The van der Waals surface area contributed by atoms with Crippen molar-refractivity contribution in [2.45, 2.75) is 26.8 Å². The normalized spacial score (nSPS) is 16.7. The van der Waals surface area contributed by atoms with E-state index in [-0.39, 0.29) is 11.3 Å². The van der Waals surface area contributed by atoms with Crippen LogP contribution in [0.25, 0.3) is 5.76 Å². The lowest BCUT2D eigenvalue weighted by Gasteiger charge is -2.26. The number of carbonyl (C=O) groups is 2. The summed E-state index contributed by atoms with van der Waals surface area (Å²) in [5, 5.41) is 11.6. The Kier molecular flexibility index (Phi) is 7.25. The van der Waals surface area contributed by atoms with Crippen molar-refractivity contribution in [3.05, 3.63) is 88.5 Å². The van der Waals surface area contributed by atoms with Gasteiger partial charge in [0.25, 0.3) is 11.7 Å². The van der Waals surface area contributed by atoms with Gasteiger partial charge in [0.15, 0.2) is 0 Å². The van der Waals surface area contributed by atoms with Crippen LogP contribution in [0.4, 0.5) is 11.4 Å². The molecule has 0 saturated carbocycles. The molecule has 0 aliphatic carbocycles. The fourth-order valence-electron chi connectivity index (χ4n) is 4.81. The number of ether oxygens (including phenoxy) is 2. The number of aliphatic hydroxyl groups excluding tert-OH is 1. The van der Waals surface area contributed by atoms with Crippen molar-refractivity contribution in [1.82, 2.24) is 0 Å². The van der Waals surface area contributed by atoms with Crippen LogP contribution in [0.1, 0.15) is 35.2 Å². The molecule has 0 radical (unpaired) electrons. The largest absolute Gasteiger partial charge is 0.507 e. The zero-order chi connectivity index (χ0) is 26.9. The van der Waals surface area contributed by atoms with Gasteiger partial charge in [-0.2, -0.15) is 0 Å². The summed E-state index contributed by atoms with van der Waals surface area (Å²) in [5.41, 5.74) is 4.22. The van der Waals surface area contributed by atoms with Gasteiger partial charge in [0.1, 0.15) is 17.3 Å². The minimum Gasteiger partial charge on any atom is -0.507 e. The van der Waals surface area contributed by atoms with Crippen LogP contribution < -0.4 is 19.3 Å². The SMILES string of the molecule is CCOc1cccc(C2/C(=C(\O)c3cc(C)cc(C)c3OC)C(=O)C(=O)N2c2ccc(N(C)C)cc2)c1. The molecule has 37 heavy (non-hydrogen) atoms. The quantitative estimate of drug-likeness (QED) is 0.266. The topological polar surface area (TPSA) is 79.3 Å². The Labute approximate surface area is 217 Å². The average Bonchev–Trinajstić information content (AvgIpc) is 3.14. The maximum absolute atomic E-state index is 13.6. The highest BCUT2D eigenvalue weighted by Crippen LogP contribution is 2.44. The number of anilines is 2. The predicted molar refractivity (Wildman–Crippen MR) is 146 cm³/mol. The lowest BCUT2D eigenvalue weighted by molar-refractivity contribution is -0.132. The fraction of sp³-hybridized carbons (Fsp3) is 0.267. The van der Waals surface area contributed by atoms with Crippen molar-refractivity contribution in [3.8, 4) is 11.5 Å². The molecule has 1 heterocycles. The standard InChI is InChI=1S/C30H32N2O5/c1-7-37-23-10-8-9-20(17-23)26-25(27(33)24-16-18(2)15-19(3)29(24)36-6)28(34)30(35)32(26)22-13-11-21(12-14-22)31(4)5/h8-17,26,33H,7H2,1-6H3/b27-25+. The molecule has 3 aromatic carbocycles. The molecule has 1 N–H and O–H groups in total. The first-order chi connectivity index (χ1) is 17.7. The molecular formula is C30H32N2O5. The van der Waals surface area contributed by atoms with Crippen LogP contribution in [0, 0.1) is 13.8 Å². The van der Waals surface area contributed by atoms with E-state index in [2.05, 4.69) is 0 Å². The summed E-state index contributed by atoms with van der Waals surface area (Å²) in [6.07, 6.45) is 0. The van der Waals surface area contributed by atoms with Gasteiger partial charge in [0, 0.05) is 25.5 Å². The maximum Gasteiger partial charge on any atom is 0.300 e. The Balaban J connectivity index is 1.98. The second-order valence-electron chi connectivity index (χ2n) is 9.25.